The van der Waals surface area contributed by atoms with E-state index in [1.807, 2.05) is 71.3 Å². The number of thioether (sulfide) groups is 1. The van der Waals surface area contributed by atoms with E-state index in [2.05, 4.69) is 32.6 Å². The summed E-state index contributed by atoms with van der Waals surface area (Å²) in [6.45, 7) is 0.408. The molecule has 0 radical (unpaired) electrons. The van der Waals surface area contributed by atoms with Gasteiger partial charge in [0.1, 0.15) is 5.82 Å². The third-order valence-electron chi connectivity index (χ3n) is 4.45. The van der Waals surface area contributed by atoms with Gasteiger partial charge in [-0.15, -0.1) is 10.2 Å². The van der Waals surface area contributed by atoms with Gasteiger partial charge in [-0.1, -0.05) is 66.4 Å². The minimum Gasteiger partial charge on any atom is -0.350 e. The smallest absolute Gasteiger partial charge is 0.230 e. The van der Waals surface area contributed by atoms with E-state index < -0.39 is 0 Å². The van der Waals surface area contributed by atoms with Crippen molar-refractivity contribution in [3.05, 3.63) is 102 Å². The number of carbonyl (C=O) groups is 1. The quantitative estimate of drug-likeness (QED) is 0.445. The van der Waals surface area contributed by atoms with Crippen LogP contribution in [0.1, 0.15) is 17.1 Å². The highest BCUT2D eigenvalue weighted by atomic mass is 32.2. The van der Waals surface area contributed by atoms with E-state index in [9.17, 15) is 4.79 Å². The summed E-state index contributed by atoms with van der Waals surface area (Å²) in [6.07, 6.45) is 2.38. The number of rotatable bonds is 8. The number of para-hydroxylation sites is 1. The number of amides is 1. The molecule has 150 valence electrons. The van der Waals surface area contributed by atoms with Crippen LogP contribution in [0.4, 0.5) is 0 Å². The summed E-state index contributed by atoms with van der Waals surface area (Å²) < 4.78 is 2.02. The van der Waals surface area contributed by atoms with Crippen molar-refractivity contribution >= 4 is 17.7 Å². The molecule has 2 aromatic heterocycles. The summed E-state index contributed by atoms with van der Waals surface area (Å²) in [5.41, 5.74) is 2.96. The van der Waals surface area contributed by atoms with Gasteiger partial charge in [-0.05, 0) is 29.8 Å². The maximum atomic E-state index is 12.3. The molecule has 0 spiro atoms. The predicted octanol–water partition coefficient (Wildman–Crippen LogP) is 3.66. The summed E-state index contributed by atoms with van der Waals surface area (Å²) in [7, 11) is 0. The number of hydrogen-bond acceptors (Lipinski definition) is 5. The van der Waals surface area contributed by atoms with Crippen molar-refractivity contribution in [3.8, 4) is 5.69 Å². The van der Waals surface area contributed by atoms with Gasteiger partial charge in [0, 0.05) is 18.3 Å². The monoisotopic (exact) mass is 415 g/mol. The predicted molar refractivity (Wildman–Crippen MR) is 117 cm³/mol. The van der Waals surface area contributed by atoms with Crippen molar-refractivity contribution in [2.75, 3.05) is 5.75 Å². The normalized spacial score (nSPS) is 10.7. The highest BCUT2D eigenvalue weighted by Crippen LogP contribution is 2.23. The van der Waals surface area contributed by atoms with Gasteiger partial charge in [0.15, 0.2) is 5.16 Å². The van der Waals surface area contributed by atoms with E-state index in [1.54, 1.807) is 6.20 Å². The summed E-state index contributed by atoms with van der Waals surface area (Å²) in [5.74, 6) is 1.02. The molecule has 2 aromatic carbocycles. The molecule has 0 saturated heterocycles. The molecule has 0 atom stereocenters. The van der Waals surface area contributed by atoms with Crippen LogP contribution in [0, 0.1) is 0 Å². The Hall–Kier alpha value is -3.45. The van der Waals surface area contributed by atoms with Crippen molar-refractivity contribution in [2.24, 2.45) is 0 Å². The van der Waals surface area contributed by atoms with Gasteiger partial charge in [-0.3, -0.25) is 14.3 Å². The molecule has 0 aliphatic heterocycles. The Bertz CT molecular complexity index is 1080. The van der Waals surface area contributed by atoms with Gasteiger partial charge >= 0.3 is 0 Å². The Balaban J connectivity index is 1.48. The molecule has 4 aromatic rings. The molecule has 6 nitrogen and oxygen atoms in total. The molecule has 0 unspecified atom stereocenters. The summed E-state index contributed by atoms with van der Waals surface area (Å²) >= 11 is 1.37. The second-order valence-electron chi connectivity index (χ2n) is 6.62. The number of nitrogens with one attached hydrogen (secondary N) is 1. The van der Waals surface area contributed by atoms with Crippen molar-refractivity contribution in [1.29, 1.82) is 0 Å². The van der Waals surface area contributed by atoms with Crippen LogP contribution in [0.5, 0.6) is 0 Å². The molecule has 1 amide bonds. The van der Waals surface area contributed by atoms with Crippen molar-refractivity contribution in [3.63, 3.8) is 0 Å². The zero-order valence-corrected chi connectivity index (χ0v) is 17.1. The molecule has 7 heteroatoms. The molecule has 0 aliphatic rings. The van der Waals surface area contributed by atoms with Gasteiger partial charge in [0.2, 0.25) is 5.91 Å². The maximum Gasteiger partial charge on any atom is 0.230 e. The fourth-order valence-corrected chi connectivity index (χ4v) is 3.80. The first kappa shape index (κ1) is 19.8. The molecule has 4 rings (SSSR count). The lowest BCUT2D eigenvalue weighted by atomic mass is 10.1. The zero-order valence-electron chi connectivity index (χ0n) is 16.3. The Morgan fingerprint density at radius 1 is 0.900 bits per heavy atom. The Kier molecular flexibility index (Phi) is 6.51. The summed E-state index contributed by atoms with van der Waals surface area (Å²) in [5, 5.41) is 12.4. The van der Waals surface area contributed by atoms with Gasteiger partial charge in [-0.2, -0.15) is 0 Å². The lowest BCUT2D eigenvalue weighted by molar-refractivity contribution is -0.118. The minimum atomic E-state index is -0.0714. The first-order valence-electron chi connectivity index (χ1n) is 9.62. The number of carbonyl (C=O) groups excluding carboxylic acids is 1. The first-order chi connectivity index (χ1) is 14.8. The average Bonchev–Trinajstić information content (AvgIpc) is 3.20. The molecule has 0 bridgehead atoms. The minimum absolute atomic E-state index is 0.0714. The molecule has 30 heavy (non-hydrogen) atoms. The lowest BCUT2D eigenvalue weighted by Gasteiger charge is -2.10. The topological polar surface area (TPSA) is 72.7 Å². The third-order valence-corrected chi connectivity index (χ3v) is 5.37. The molecule has 2 heterocycles. The molecule has 0 aliphatic carbocycles. The van der Waals surface area contributed by atoms with Crippen molar-refractivity contribution in [2.45, 2.75) is 18.1 Å². The van der Waals surface area contributed by atoms with Crippen LogP contribution in [-0.2, 0) is 17.8 Å². The second kappa shape index (κ2) is 9.84. The lowest BCUT2D eigenvalue weighted by Crippen LogP contribution is -2.25. The van der Waals surface area contributed by atoms with E-state index in [0.29, 0.717) is 18.1 Å². The molecule has 0 saturated carbocycles. The van der Waals surface area contributed by atoms with Crippen LogP contribution in [0.2, 0.25) is 0 Å². The molecular weight excluding hydrogens is 394 g/mol. The van der Waals surface area contributed by atoms with E-state index in [0.717, 1.165) is 22.8 Å². The standard InChI is InChI=1S/C23H21N5OS/c29-22(25-16-19-11-7-8-14-24-19)17-30-23-27-26-21(15-18-9-3-1-4-10-18)28(23)20-12-5-2-6-13-20/h1-14H,15-17H2,(H,25,29). The van der Waals surface area contributed by atoms with Crippen LogP contribution in [0.3, 0.4) is 0 Å². The number of benzene rings is 2. The zero-order chi connectivity index (χ0) is 20.6. The number of aromatic nitrogens is 4. The number of nitrogens with zero attached hydrogens (tertiary/aromatic N) is 4. The largest absolute Gasteiger partial charge is 0.350 e. The fourth-order valence-electron chi connectivity index (χ4n) is 3.00. The van der Waals surface area contributed by atoms with Crippen LogP contribution in [-0.4, -0.2) is 31.4 Å². The van der Waals surface area contributed by atoms with Gasteiger partial charge in [-0.25, -0.2) is 0 Å². The van der Waals surface area contributed by atoms with Gasteiger partial charge in [0.05, 0.1) is 18.0 Å². The molecular formula is C23H21N5OS. The Morgan fingerprint density at radius 3 is 2.37 bits per heavy atom. The van der Waals surface area contributed by atoms with Crippen LogP contribution < -0.4 is 5.32 Å². The Labute approximate surface area is 179 Å². The molecule has 0 fully saturated rings. The Morgan fingerprint density at radius 2 is 1.63 bits per heavy atom. The van der Waals surface area contributed by atoms with Crippen molar-refractivity contribution in [1.82, 2.24) is 25.1 Å². The van der Waals surface area contributed by atoms with E-state index in [1.165, 1.54) is 11.8 Å². The van der Waals surface area contributed by atoms with Crippen LogP contribution in [0.15, 0.2) is 90.2 Å². The van der Waals surface area contributed by atoms with E-state index in [4.69, 9.17) is 0 Å². The van der Waals surface area contributed by atoms with Crippen molar-refractivity contribution < 1.29 is 4.79 Å². The summed E-state index contributed by atoms with van der Waals surface area (Å²) in [4.78, 5) is 16.5. The third kappa shape index (κ3) is 5.12. The second-order valence-corrected chi connectivity index (χ2v) is 7.56. The van der Waals surface area contributed by atoms with Gasteiger partial charge < -0.3 is 5.32 Å². The number of pyridine rings is 1. The van der Waals surface area contributed by atoms with E-state index >= 15 is 0 Å². The SMILES string of the molecule is O=C(CSc1nnc(Cc2ccccc2)n1-c1ccccc1)NCc1ccccn1. The number of hydrogen-bond donors (Lipinski definition) is 1. The van der Waals surface area contributed by atoms with Gasteiger partial charge in [0.25, 0.3) is 0 Å². The average molecular weight is 416 g/mol. The van der Waals surface area contributed by atoms with E-state index in [-0.39, 0.29) is 11.7 Å². The first-order valence-corrected chi connectivity index (χ1v) is 10.6. The van der Waals surface area contributed by atoms with Crippen LogP contribution >= 0.6 is 11.8 Å². The highest BCUT2D eigenvalue weighted by Gasteiger charge is 2.16. The maximum absolute atomic E-state index is 12.3. The highest BCUT2D eigenvalue weighted by molar-refractivity contribution is 7.99. The fraction of sp³-hybridized carbons (Fsp3) is 0.130. The van der Waals surface area contributed by atoms with Crippen LogP contribution in [0.25, 0.3) is 5.69 Å². The molecule has 1 N–H and O–H groups in total. The summed E-state index contributed by atoms with van der Waals surface area (Å²) in [6, 6.07) is 25.8.